The fourth-order valence-electron chi connectivity index (χ4n) is 1.08. The third-order valence-electron chi connectivity index (χ3n) is 1.91. The summed E-state index contributed by atoms with van der Waals surface area (Å²) >= 11 is 7.62. The molecule has 1 aromatic rings. The molecule has 0 fully saturated rings. The zero-order chi connectivity index (χ0) is 13.6. The van der Waals surface area contributed by atoms with Gasteiger partial charge < -0.3 is 5.32 Å². The zero-order valence-corrected chi connectivity index (χ0v) is 12.0. The van der Waals surface area contributed by atoms with E-state index >= 15 is 0 Å². The molecule has 18 heavy (non-hydrogen) atoms. The molecule has 0 heterocycles. The van der Waals surface area contributed by atoms with Crippen LogP contribution in [0.5, 0.6) is 0 Å². The lowest BCUT2D eigenvalue weighted by molar-refractivity contribution is 0.153. The van der Waals surface area contributed by atoms with Crippen LogP contribution < -0.4 is 5.32 Å². The molecule has 0 aliphatic heterocycles. The number of halogens is 1. The maximum Gasteiger partial charge on any atom is 0.433 e. The number of carbonyl (C=O) groups is 1. The summed E-state index contributed by atoms with van der Waals surface area (Å²) in [6, 6.07) is 7.56. The van der Waals surface area contributed by atoms with Crippen molar-refractivity contribution >= 4 is 35.7 Å². The van der Waals surface area contributed by atoms with Crippen molar-refractivity contribution in [1.29, 1.82) is 0 Å². The first-order chi connectivity index (χ1) is 8.44. The van der Waals surface area contributed by atoms with Crippen LogP contribution in [0.1, 0.15) is 13.8 Å². The maximum atomic E-state index is 10.8. The lowest BCUT2D eigenvalue weighted by Crippen LogP contribution is -2.20. The van der Waals surface area contributed by atoms with Crippen LogP contribution in [0.3, 0.4) is 0 Å². The van der Waals surface area contributed by atoms with E-state index in [2.05, 4.69) is 15.3 Å². The van der Waals surface area contributed by atoms with Gasteiger partial charge in [-0.1, -0.05) is 28.9 Å². The van der Waals surface area contributed by atoms with E-state index in [0.29, 0.717) is 5.02 Å². The average molecular weight is 287 g/mol. The Kier molecular flexibility index (Phi) is 5.50. The Labute approximate surface area is 116 Å². The molecule has 0 saturated carbocycles. The molecule has 0 radical (unpaired) electrons. The molecule has 0 aliphatic rings. The number of hydrogen-bond donors (Lipinski definition) is 1. The largest absolute Gasteiger partial charge is 0.433 e. The predicted octanol–water partition coefficient (Wildman–Crippen LogP) is 3.55. The molecular weight excluding hydrogens is 272 g/mol. The maximum absolute atomic E-state index is 10.8. The number of thioether (sulfide) groups is 1. The number of nitrogens with one attached hydrogen (secondary N) is 1. The van der Waals surface area contributed by atoms with Crippen LogP contribution in [0.15, 0.2) is 34.3 Å². The van der Waals surface area contributed by atoms with Gasteiger partial charge in [-0.3, -0.25) is 4.84 Å². The molecule has 98 valence electrons. The van der Waals surface area contributed by atoms with Gasteiger partial charge in [0.05, 0.1) is 16.0 Å². The van der Waals surface area contributed by atoms with Crippen LogP contribution in [-0.4, -0.2) is 24.1 Å². The van der Waals surface area contributed by atoms with Crippen LogP contribution in [0, 0.1) is 0 Å². The summed E-state index contributed by atoms with van der Waals surface area (Å²) in [7, 11) is 1.47. The summed E-state index contributed by atoms with van der Waals surface area (Å²) in [6.07, 6.45) is 0.973. The molecule has 0 unspecified atom stereocenters. The lowest BCUT2D eigenvalue weighted by atomic mass is 10.2. The van der Waals surface area contributed by atoms with Crippen molar-refractivity contribution in [2.24, 2.45) is 5.16 Å². The van der Waals surface area contributed by atoms with E-state index in [1.54, 1.807) is 6.21 Å². The first-order valence-electron chi connectivity index (χ1n) is 5.31. The number of carbonyl (C=O) groups excluding carboxylic acids is 1. The van der Waals surface area contributed by atoms with Gasteiger partial charge in [-0.15, -0.1) is 11.8 Å². The van der Waals surface area contributed by atoms with Crippen molar-refractivity contribution in [2.75, 3.05) is 7.05 Å². The number of nitrogens with zero attached hydrogens (tertiary/aromatic N) is 1. The minimum Gasteiger partial charge on any atom is -0.323 e. The minimum absolute atomic E-state index is 0.334. The molecule has 4 nitrogen and oxygen atoms in total. The van der Waals surface area contributed by atoms with Gasteiger partial charge in [0.1, 0.15) is 0 Å². The monoisotopic (exact) mass is 286 g/mol. The fraction of sp³-hybridized carbons (Fsp3) is 0.333. The first kappa shape index (κ1) is 14.9. The molecule has 1 aromatic carbocycles. The van der Waals surface area contributed by atoms with E-state index in [-0.39, 0.29) is 4.75 Å². The third kappa shape index (κ3) is 4.98. The molecule has 0 aliphatic carbocycles. The molecule has 0 spiro atoms. The molecular formula is C12H15ClN2O2S. The Balaban J connectivity index is 2.65. The molecule has 0 saturated heterocycles. The number of benzene rings is 1. The number of hydrogen-bond acceptors (Lipinski definition) is 4. The van der Waals surface area contributed by atoms with Gasteiger partial charge in [-0.25, -0.2) is 4.79 Å². The van der Waals surface area contributed by atoms with Crippen LogP contribution in [-0.2, 0) is 4.84 Å². The van der Waals surface area contributed by atoms with Crippen LogP contribution in [0.25, 0.3) is 0 Å². The smallest absolute Gasteiger partial charge is 0.323 e. The van der Waals surface area contributed by atoms with Gasteiger partial charge in [0.2, 0.25) is 0 Å². The highest BCUT2D eigenvalue weighted by Crippen LogP contribution is 2.35. The highest BCUT2D eigenvalue weighted by molar-refractivity contribution is 8.01. The first-order valence-corrected chi connectivity index (χ1v) is 6.51. The van der Waals surface area contributed by atoms with Crippen molar-refractivity contribution in [1.82, 2.24) is 5.32 Å². The average Bonchev–Trinajstić information content (AvgIpc) is 2.31. The molecule has 6 heteroatoms. The van der Waals surface area contributed by atoms with Crippen molar-refractivity contribution < 1.29 is 9.63 Å². The molecule has 0 aromatic heterocycles. The number of amides is 1. The Morgan fingerprint density at radius 1 is 1.50 bits per heavy atom. The second-order valence-electron chi connectivity index (χ2n) is 4.00. The molecule has 1 N–H and O–H groups in total. The van der Waals surface area contributed by atoms with Crippen molar-refractivity contribution in [2.45, 2.75) is 23.5 Å². The van der Waals surface area contributed by atoms with Gasteiger partial charge in [0.25, 0.3) is 0 Å². The highest BCUT2D eigenvalue weighted by atomic mass is 35.5. The SMILES string of the molecule is CNC(=O)ON=CC(C)(C)Sc1ccccc1Cl. The summed E-state index contributed by atoms with van der Waals surface area (Å²) in [5.41, 5.74) is 0. The number of oxime groups is 1. The van der Waals surface area contributed by atoms with Gasteiger partial charge in [-0.2, -0.15) is 0 Å². The van der Waals surface area contributed by atoms with Crippen LogP contribution in [0.4, 0.5) is 4.79 Å². The Morgan fingerprint density at radius 3 is 2.78 bits per heavy atom. The van der Waals surface area contributed by atoms with Crippen molar-refractivity contribution in [3.05, 3.63) is 29.3 Å². The minimum atomic E-state index is -0.593. The van der Waals surface area contributed by atoms with E-state index in [1.807, 2.05) is 38.1 Å². The van der Waals surface area contributed by atoms with E-state index in [0.717, 1.165) is 4.90 Å². The molecule has 1 amide bonds. The predicted molar refractivity (Wildman–Crippen MR) is 75.4 cm³/mol. The van der Waals surface area contributed by atoms with E-state index < -0.39 is 6.09 Å². The van der Waals surface area contributed by atoms with Gasteiger partial charge >= 0.3 is 6.09 Å². The topological polar surface area (TPSA) is 50.7 Å². The second kappa shape index (κ2) is 6.66. The molecule has 0 atom stereocenters. The summed E-state index contributed by atoms with van der Waals surface area (Å²) in [6.45, 7) is 3.91. The summed E-state index contributed by atoms with van der Waals surface area (Å²) in [4.78, 5) is 16.4. The fourth-order valence-corrected chi connectivity index (χ4v) is 2.31. The Bertz CT molecular complexity index is 449. The van der Waals surface area contributed by atoms with E-state index in [1.165, 1.54) is 18.8 Å². The van der Waals surface area contributed by atoms with Gasteiger partial charge in [-0.05, 0) is 26.0 Å². The van der Waals surface area contributed by atoms with E-state index in [4.69, 9.17) is 11.6 Å². The second-order valence-corrected chi connectivity index (χ2v) is 6.10. The lowest BCUT2D eigenvalue weighted by Gasteiger charge is -2.18. The van der Waals surface area contributed by atoms with Gasteiger partial charge in [0, 0.05) is 11.9 Å². The van der Waals surface area contributed by atoms with Crippen molar-refractivity contribution in [3.8, 4) is 0 Å². The van der Waals surface area contributed by atoms with Crippen molar-refractivity contribution in [3.63, 3.8) is 0 Å². The highest BCUT2D eigenvalue weighted by Gasteiger charge is 2.18. The Hall–Kier alpha value is -1.20. The van der Waals surface area contributed by atoms with Crippen LogP contribution in [0.2, 0.25) is 5.02 Å². The Morgan fingerprint density at radius 2 is 2.17 bits per heavy atom. The molecule has 0 bridgehead atoms. The quantitative estimate of drug-likeness (QED) is 0.398. The summed E-state index contributed by atoms with van der Waals surface area (Å²) in [5.74, 6) is 0. The van der Waals surface area contributed by atoms with Crippen LogP contribution >= 0.6 is 23.4 Å². The van der Waals surface area contributed by atoms with E-state index in [9.17, 15) is 4.79 Å². The number of rotatable bonds is 4. The normalized spacial score (nSPS) is 11.6. The molecule has 1 rings (SSSR count). The van der Waals surface area contributed by atoms with Gasteiger partial charge in [0.15, 0.2) is 0 Å². The third-order valence-corrected chi connectivity index (χ3v) is 3.56. The standard InChI is InChI=1S/C12H15ClN2O2S/c1-12(2,8-15-17-11(16)14-3)18-10-7-5-4-6-9(10)13/h4-8H,1-3H3,(H,14,16). The summed E-state index contributed by atoms with van der Waals surface area (Å²) in [5, 5.41) is 6.64. The summed E-state index contributed by atoms with van der Waals surface area (Å²) < 4.78 is -0.334. The zero-order valence-electron chi connectivity index (χ0n) is 10.4.